The molecule has 0 fully saturated rings. The Balaban J connectivity index is 2.27. The largest absolute Gasteiger partial charge is 0.462 e. The highest BCUT2D eigenvalue weighted by Gasteiger charge is 2.13. The van der Waals surface area contributed by atoms with Crippen molar-refractivity contribution in [1.82, 2.24) is 9.97 Å². The lowest BCUT2D eigenvalue weighted by Gasteiger charge is -1.99. The van der Waals surface area contributed by atoms with Gasteiger partial charge in [-0.3, -0.25) is 4.98 Å². The van der Waals surface area contributed by atoms with Crippen LogP contribution in [0.15, 0.2) is 24.0 Å². The van der Waals surface area contributed by atoms with Crippen LogP contribution in [0.2, 0.25) is 0 Å². The maximum Gasteiger partial charge on any atom is 0.350 e. The molecule has 2 aromatic rings. The monoisotopic (exact) mass is 285 g/mol. The second-order valence-electron chi connectivity index (χ2n) is 3.70. The molecule has 0 aromatic carbocycles. The van der Waals surface area contributed by atoms with E-state index in [9.17, 15) is 4.79 Å². The summed E-state index contributed by atoms with van der Waals surface area (Å²) >= 11 is 1.23. The smallest absolute Gasteiger partial charge is 0.350 e. The highest BCUT2D eigenvalue weighted by Crippen LogP contribution is 2.18. The third-order valence-corrected chi connectivity index (χ3v) is 3.27. The lowest BCUT2D eigenvalue weighted by molar-refractivity contribution is 0.0531. The van der Waals surface area contributed by atoms with Gasteiger partial charge >= 0.3 is 5.97 Å². The van der Waals surface area contributed by atoms with Gasteiger partial charge in [-0.2, -0.15) is 5.26 Å². The first-order valence-electron chi connectivity index (χ1n) is 5.89. The molecule has 2 rings (SSSR count). The molecule has 0 aliphatic rings. The van der Waals surface area contributed by atoms with Gasteiger partial charge in [0.15, 0.2) is 0 Å². The van der Waals surface area contributed by atoms with Crippen molar-refractivity contribution in [2.45, 2.75) is 6.92 Å². The maximum atomic E-state index is 11.7. The van der Waals surface area contributed by atoms with Gasteiger partial charge in [0.2, 0.25) is 0 Å². The molecule has 0 saturated carbocycles. The van der Waals surface area contributed by atoms with Gasteiger partial charge in [-0.05, 0) is 24.6 Å². The van der Waals surface area contributed by atoms with E-state index < -0.39 is 0 Å². The van der Waals surface area contributed by atoms with Crippen LogP contribution in [-0.2, 0) is 4.74 Å². The molecule has 20 heavy (non-hydrogen) atoms. The minimum Gasteiger partial charge on any atom is -0.462 e. The number of hydrogen-bond acceptors (Lipinski definition) is 6. The van der Waals surface area contributed by atoms with Crippen molar-refractivity contribution in [3.8, 4) is 6.07 Å². The molecular formula is C14H11N3O2S. The average molecular weight is 285 g/mol. The summed E-state index contributed by atoms with van der Waals surface area (Å²) in [7, 11) is 0. The first-order chi connectivity index (χ1) is 9.76. The summed E-state index contributed by atoms with van der Waals surface area (Å²) in [6.45, 7) is 2.08. The predicted molar refractivity (Wildman–Crippen MR) is 76.0 cm³/mol. The summed E-state index contributed by atoms with van der Waals surface area (Å²) in [5, 5.41) is 8.98. The van der Waals surface area contributed by atoms with Gasteiger partial charge in [-0.1, -0.05) is 6.08 Å². The molecule has 0 saturated heterocycles. The van der Waals surface area contributed by atoms with Crippen molar-refractivity contribution in [3.05, 3.63) is 45.7 Å². The minimum absolute atomic E-state index is 0.322. The van der Waals surface area contributed by atoms with E-state index in [2.05, 4.69) is 16.0 Å². The molecule has 0 N–H and O–H groups in total. The molecule has 0 spiro atoms. The number of carbonyl (C=O) groups is 1. The number of nitrogens with zero attached hydrogens (tertiary/aromatic N) is 3. The van der Waals surface area contributed by atoms with Crippen molar-refractivity contribution in [2.75, 3.05) is 6.61 Å². The van der Waals surface area contributed by atoms with E-state index in [0.717, 1.165) is 5.56 Å². The highest BCUT2D eigenvalue weighted by molar-refractivity contribution is 7.11. The normalized spacial score (nSPS) is 10.4. The zero-order valence-electron chi connectivity index (χ0n) is 10.7. The van der Waals surface area contributed by atoms with Gasteiger partial charge in [-0.25, -0.2) is 9.78 Å². The Morgan fingerprint density at radius 1 is 1.55 bits per heavy atom. The second kappa shape index (κ2) is 6.59. The number of ether oxygens (including phenoxy) is 1. The van der Waals surface area contributed by atoms with Crippen LogP contribution in [0.4, 0.5) is 0 Å². The molecule has 0 unspecified atom stereocenters. The Morgan fingerprint density at radius 2 is 2.40 bits per heavy atom. The van der Waals surface area contributed by atoms with E-state index in [1.54, 1.807) is 36.8 Å². The molecule has 0 amide bonds. The molecule has 100 valence electrons. The molecule has 0 aliphatic heterocycles. The first kappa shape index (κ1) is 13.9. The lowest BCUT2D eigenvalue weighted by Crippen LogP contribution is -2.03. The van der Waals surface area contributed by atoms with Gasteiger partial charge < -0.3 is 4.74 Å². The molecule has 2 aromatic heterocycles. The second-order valence-corrected chi connectivity index (χ2v) is 4.55. The fourth-order valence-corrected chi connectivity index (χ4v) is 2.20. The molecular weight excluding hydrogens is 274 g/mol. The average Bonchev–Trinajstić information content (AvgIpc) is 2.94. The van der Waals surface area contributed by atoms with Gasteiger partial charge in [0.1, 0.15) is 10.9 Å². The molecule has 0 atom stereocenters. The number of esters is 1. The van der Waals surface area contributed by atoms with Crippen LogP contribution >= 0.6 is 11.3 Å². The Bertz CT molecular complexity index is 686. The van der Waals surface area contributed by atoms with Crippen molar-refractivity contribution in [1.29, 1.82) is 5.26 Å². The van der Waals surface area contributed by atoms with Gasteiger partial charge in [0, 0.05) is 12.4 Å². The van der Waals surface area contributed by atoms with E-state index >= 15 is 0 Å². The highest BCUT2D eigenvalue weighted by atomic mass is 32.1. The Kier molecular flexibility index (Phi) is 4.58. The quantitative estimate of drug-likeness (QED) is 0.807. The van der Waals surface area contributed by atoms with Crippen LogP contribution < -0.4 is 0 Å². The van der Waals surface area contributed by atoms with E-state index in [-0.39, 0.29) is 5.97 Å². The lowest BCUT2D eigenvalue weighted by atomic mass is 10.1. The molecule has 0 bridgehead atoms. The summed E-state index contributed by atoms with van der Waals surface area (Å²) in [6, 6.07) is 3.79. The molecule has 0 radical (unpaired) electrons. The first-order valence-corrected chi connectivity index (χ1v) is 6.77. The number of aromatic nitrogens is 2. The number of thiazole rings is 1. The van der Waals surface area contributed by atoms with Crippen LogP contribution in [0, 0.1) is 11.3 Å². The zero-order valence-corrected chi connectivity index (χ0v) is 11.6. The maximum absolute atomic E-state index is 11.7. The summed E-state index contributed by atoms with van der Waals surface area (Å²) in [6.07, 6.45) is 6.53. The Labute approximate surface area is 120 Å². The molecule has 0 aliphatic carbocycles. The van der Waals surface area contributed by atoms with Crippen molar-refractivity contribution < 1.29 is 9.53 Å². The third-order valence-electron chi connectivity index (χ3n) is 2.45. The van der Waals surface area contributed by atoms with Gasteiger partial charge in [0.25, 0.3) is 0 Å². The summed E-state index contributed by atoms with van der Waals surface area (Å²) in [4.78, 5) is 20.2. The Morgan fingerprint density at radius 3 is 3.15 bits per heavy atom. The number of hydrogen-bond donors (Lipinski definition) is 0. The van der Waals surface area contributed by atoms with E-state index in [1.165, 1.54) is 17.5 Å². The van der Waals surface area contributed by atoms with Crippen molar-refractivity contribution in [3.63, 3.8) is 0 Å². The Hall–Kier alpha value is -2.52. The fraction of sp³-hybridized carbons (Fsp3) is 0.143. The predicted octanol–water partition coefficient (Wildman–Crippen LogP) is 2.76. The van der Waals surface area contributed by atoms with Crippen molar-refractivity contribution in [2.24, 2.45) is 0 Å². The van der Waals surface area contributed by atoms with Crippen LogP contribution in [0.3, 0.4) is 0 Å². The number of carbonyl (C=O) groups excluding carboxylic acids is 1. The topological polar surface area (TPSA) is 75.9 Å². The van der Waals surface area contributed by atoms with Crippen molar-refractivity contribution >= 4 is 29.5 Å². The standard InChI is InChI=1S/C14H11N3O2S/c1-2-19-14(18)13-12(17-9-20-13)4-3-10-5-6-16-8-11(10)7-15/h3-6,8-9H,2H2,1H3. The van der Waals surface area contributed by atoms with Crippen LogP contribution in [0.1, 0.15) is 33.4 Å². The summed E-state index contributed by atoms with van der Waals surface area (Å²) < 4.78 is 4.96. The van der Waals surface area contributed by atoms with Crippen LogP contribution in [0.5, 0.6) is 0 Å². The third kappa shape index (κ3) is 3.08. The number of pyridine rings is 1. The fourth-order valence-electron chi connectivity index (χ4n) is 1.54. The van der Waals surface area contributed by atoms with E-state index in [0.29, 0.717) is 22.7 Å². The minimum atomic E-state index is -0.384. The number of nitriles is 1. The van der Waals surface area contributed by atoms with Gasteiger partial charge in [0.05, 0.1) is 23.4 Å². The summed E-state index contributed by atoms with van der Waals surface area (Å²) in [5.41, 5.74) is 3.32. The van der Waals surface area contributed by atoms with Crippen LogP contribution in [-0.4, -0.2) is 22.5 Å². The molecule has 5 nitrogen and oxygen atoms in total. The van der Waals surface area contributed by atoms with Gasteiger partial charge in [-0.15, -0.1) is 11.3 Å². The molecule has 2 heterocycles. The van der Waals surface area contributed by atoms with Crippen LogP contribution in [0.25, 0.3) is 12.2 Å². The molecule has 6 heteroatoms. The SMILES string of the molecule is CCOC(=O)c1scnc1C=Cc1ccncc1C#N. The number of rotatable bonds is 4. The summed E-state index contributed by atoms with van der Waals surface area (Å²) in [5.74, 6) is -0.384. The zero-order chi connectivity index (χ0) is 14.4. The van der Waals surface area contributed by atoms with E-state index in [4.69, 9.17) is 10.00 Å². The van der Waals surface area contributed by atoms with E-state index in [1.807, 2.05) is 0 Å².